The number of fused-ring (bicyclic) bond motifs is 2. The molecule has 0 spiro atoms. The van der Waals surface area contributed by atoms with Gasteiger partial charge in [0.25, 0.3) is 5.91 Å². The number of aromatic nitrogens is 2. The lowest BCUT2D eigenvalue weighted by Crippen LogP contribution is -2.60. The minimum absolute atomic E-state index is 0.0986. The van der Waals surface area contributed by atoms with E-state index in [1.807, 2.05) is 6.07 Å². The smallest absolute Gasteiger partial charge is 0.274 e. The monoisotopic (exact) mass is 378 g/mol. The first-order valence-electron chi connectivity index (χ1n) is 10.7. The van der Waals surface area contributed by atoms with Crippen molar-refractivity contribution in [2.24, 2.45) is 5.92 Å². The molecule has 5 heteroatoms. The summed E-state index contributed by atoms with van der Waals surface area (Å²) < 4.78 is 0. The Morgan fingerprint density at radius 1 is 1.14 bits per heavy atom. The number of aromatic amines is 1. The zero-order chi connectivity index (χ0) is 19.4. The van der Waals surface area contributed by atoms with Crippen LogP contribution in [0.3, 0.4) is 0 Å². The quantitative estimate of drug-likeness (QED) is 0.889. The number of amides is 1. The molecule has 28 heavy (non-hydrogen) atoms. The van der Waals surface area contributed by atoms with Crippen LogP contribution in [0.4, 0.5) is 0 Å². The predicted molar refractivity (Wildman–Crippen MR) is 110 cm³/mol. The Labute approximate surface area is 167 Å². The highest BCUT2D eigenvalue weighted by Crippen LogP contribution is 2.46. The van der Waals surface area contributed by atoms with Gasteiger partial charge in [0.1, 0.15) is 5.69 Å². The second kappa shape index (κ2) is 6.73. The SMILES string of the molecule is Cc1ccc(C2CN(C(=O)c3cc(C(C)C)[nH]n3)C3C4CCN(CC4)C23)cc1. The number of carbonyl (C=O) groups excluding carboxylic acids is 1. The standard InChI is InChI=1S/C23H30N4O/c1-14(2)19-12-20(25-24-19)23(28)27-13-18(16-6-4-15(3)5-7-16)22-21(27)17-8-10-26(22)11-9-17/h4-7,12,14,17-18,21-22H,8-11,13H2,1-3H3,(H,24,25). The van der Waals surface area contributed by atoms with Crippen LogP contribution in [0.1, 0.15) is 65.8 Å². The van der Waals surface area contributed by atoms with Crippen LogP contribution in [0.15, 0.2) is 30.3 Å². The van der Waals surface area contributed by atoms with Crippen molar-refractivity contribution in [3.05, 3.63) is 52.8 Å². The van der Waals surface area contributed by atoms with Gasteiger partial charge in [0.2, 0.25) is 0 Å². The molecule has 3 unspecified atom stereocenters. The molecule has 0 radical (unpaired) electrons. The van der Waals surface area contributed by atoms with Crippen LogP contribution in [0.5, 0.6) is 0 Å². The maximum absolute atomic E-state index is 13.5. The van der Waals surface area contributed by atoms with E-state index in [9.17, 15) is 4.79 Å². The van der Waals surface area contributed by atoms with E-state index in [2.05, 4.69) is 65.0 Å². The van der Waals surface area contributed by atoms with Gasteiger partial charge in [-0.15, -0.1) is 0 Å². The molecular weight excluding hydrogens is 348 g/mol. The van der Waals surface area contributed by atoms with Gasteiger partial charge < -0.3 is 4.90 Å². The van der Waals surface area contributed by atoms with E-state index in [0.29, 0.717) is 35.5 Å². The van der Waals surface area contributed by atoms with Gasteiger partial charge in [0, 0.05) is 24.2 Å². The lowest BCUT2D eigenvalue weighted by molar-refractivity contribution is -0.00358. The van der Waals surface area contributed by atoms with Gasteiger partial charge >= 0.3 is 0 Å². The average molecular weight is 379 g/mol. The van der Waals surface area contributed by atoms with E-state index in [4.69, 9.17) is 0 Å². The average Bonchev–Trinajstić information content (AvgIpc) is 3.36. The molecule has 1 amide bonds. The first-order valence-corrected chi connectivity index (χ1v) is 10.7. The van der Waals surface area contributed by atoms with Crippen molar-refractivity contribution in [1.82, 2.24) is 20.0 Å². The Kier molecular flexibility index (Phi) is 4.31. The predicted octanol–water partition coefficient (Wildman–Crippen LogP) is 3.54. The van der Waals surface area contributed by atoms with Crippen LogP contribution in [-0.2, 0) is 0 Å². The molecule has 3 atom stereocenters. The summed E-state index contributed by atoms with van der Waals surface area (Å²) in [6.45, 7) is 9.52. The molecular formula is C23H30N4O. The van der Waals surface area contributed by atoms with E-state index in [1.54, 1.807) is 0 Å². The third kappa shape index (κ3) is 2.79. The molecule has 0 saturated carbocycles. The Hall–Kier alpha value is -2.14. The topological polar surface area (TPSA) is 52.2 Å². The maximum atomic E-state index is 13.5. The van der Waals surface area contributed by atoms with Crippen molar-refractivity contribution in [3.63, 3.8) is 0 Å². The van der Waals surface area contributed by atoms with Gasteiger partial charge in [0.15, 0.2) is 0 Å². The summed E-state index contributed by atoms with van der Waals surface area (Å²) in [5.74, 6) is 1.46. The lowest BCUT2D eigenvalue weighted by Gasteiger charge is -2.51. The van der Waals surface area contributed by atoms with Crippen LogP contribution >= 0.6 is 0 Å². The molecule has 2 bridgehead atoms. The molecule has 4 aliphatic heterocycles. The first kappa shape index (κ1) is 17.9. The minimum atomic E-state index is 0.0986. The molecule has 5 heterocycles. The van der Waals surface area contributed by atoms with Gasteiger partial charge in [-0.1, -0.05) is 43.7 Å². The van der Waals surface area contributed by atoms with Crippen LogP contribution in [0, 0.1) is 12.8 Å². The van der Waals surface area contributed by atoms with Crippen molar-refractivity contribution in [3.8, 4) is 0 Å². The number of nitrogens with zero attached hydrogens (tertiary/aromatic N) is 3. The minimum Gasteiger partial charge on any atom is -0.332 e. The van der Waals surface area contributed by atoms with Crippen LogP contribution in [0.2, 0.25) is 0 Å². The van der Waals surface area contributed by atoms with Crippen LogP contribution in [0.25, 0.3) is 0 Å². The van der Waals surface area contributed by atoms with Crippen LogP contribution in [-0.4, -0.2) is 57.6 Å². The summed E-state index contributed by atoms with van der Waals surface area (Å²) in [5.41, 5.74) is 4.26. The number of rotatable bonds is 3. The fourth-order valence-corrected chi connectivity index (χ4v) is 5.65. The number of likely N-dealkylation sites (tertiary alicyclic amines) is 1. The zero-order valence-electron chi connectivity index (χ0n) is 17.1. The van der Waals surface area contributed by atoms with Gasteiger partial charge in [-0.25, -0.2) is 0 Å². The number of benzene rings is 1. The summed E-state index contributed by atoms with van der Waals surface area (Å²) in [6.07, 6.45) is 2.42. The zero-order valence-corrected chi connectivity index (χ0v) is 17.1. The van der Waals surface area contributed by atoms with E-state index in [1.165, 1.54) is 37.1 Å². The molecule has 1 N–H and O–H groups in total. The number of carbonyl (C=O) groups is 1. The molecule has 5 nitrogen and oxygen atoms in total. The highest BCUT2D eigenvalue weighted by molar-refractivity contribution is 5.93. The Bertz CT molecular complexity index is 863. The molecule has 4 saturated heterocycles. The second-order valence-corrected chi connectivity index (χ2v) is 9.19. The fourth-order valence-electron chi connectivity index (χ4n) is 5.65. The third-order valence-electron chi connectivity index (χ3n) is 7.20. The number of hydrogen-bond acceptors (Lipinski definition) is 3. The molecule has 6 rings (SSSR count). The van der Waals surface area contributed by atoms with Crippen molar-refractivity contribution >= 4 is 5.91 Å². The molecule has 148 valence electrons. The van der Waals surface area contributed by atoms with E-state index >= 15 is 0 Å². The van der Waals surface area contributed by atoms with Crippen molar-refractivity contribution in [2.75, 3.05) is 19.6 Å². The summed E-state index contributed by atoms with van der Waals surface area (Å²) in [5, 5.41) is 7.42. The Morgan fingerprint density at radius 3 is 2.50 bits per heavy atom. The Morgan fingerprint density at radius 2 is 1.86 bits per heavy atom. The molecule has 1 aromatic heterocycles. The van der Waals surface area contributed by atoms with Crippen molar-refractivity contribution < 1.29 is 4.79 Å². The first-order chi connectivity index (χ1) is 13.5. The second-order valence-electron chi connectivity index (χ2n) is 9.19. The summed E-state index contributed by atoms with van der Waals surface area (Å²) >= 11 is 0. The van der Waals surface area contributed by atoms with Crippen LogP contribution < -0.4 is 0 Å². The highest BCUT2D eigenvalue weighted by atomic mass is 16.2. The molecule has 4 aliphatic rings. The van der Waals surface area contributed by atoms with Gasteiger partial charge in [-0.3, -0.25) is 14.8 Å². The highest BCUT2D eigenvalue weighted by Gasteiger charge is 2.54. The largest absolute Gasteiger partial charge is 0.332 e. The lowest BCUT2D eigenvalue weighted by atomic mass is 9.75. The number of aryl methyl sites for hydroxylation is 1. The molecule has 4 fully saturated rings. The number of piperidine rings is 3. The number of hydrogen-bond donors (Lipinski definition) is 1. The fraction of sp³-hybridized carbons (Fsp3) is 0.565. The third-order valence-corrected chi connectivity index (χ3v) is 7.20. The number of nitrogens with one attached hydrogen (secondary N) is 1. The molecule has 2 aromatic rings. The van der Waals surface area contributed by atoms with Gasteiger partial charge in [0.05, 0.1) is 6.04 Å². The van der Waals surface area contributed by atoms with E-state index in [-0.39, 0.29) is 5.91 Å². The molecule has 1 aromatic carbocycles. The van der Waals surface area contributed by atoms with E-state index < -0.39 is 0 Å². The Balaban J connectivity index is 1.49. The normalized spacial score (nSPS) is 31.4. The summed E-state index contributed by atoms with van der Waals surface area (Å²) in [4.78, 5) is 18.3. The van der Waals surface area contributed by atoms with E-state index in [0.717, 1.165) is 12.2 Å². The van der Waals surface area contributed by atoms with Gasteiger partial charge in [-0.2, -0.15) is 5.10 Å². The number of H-pyrrole nitrogens is 1. The summed E-state index contributed by atoms with van der Waals surface area (Å²) in [7, 11) is 0. The molecule has 0 aliphatic carbocycles. The summed E-state index contributed by atoms with van der Waals surface area (Å²) in [6, 6.07) is 11.6. The maximum Gasteiger partial charge on any atom is 0.274 e. The van der Waals surface area contributed by atoms with Gasteiger partial charge in [-0.05, 0) is 56.3 Å². The van der Waals surface area contributed by atoms with Crippen molar-refractivity contribution in [2.45, 2.75) is 57.5 Å². The van der Waals surface area contributed by atoms with Crippen molar-refractivity contribution in [1.29, 1.82) is 0 Å².